The summed E-state index contributed by atoms with van der Waals surface area (Å²) in [5.41, 5.74) is 0. The second kappa shape index (κ2) is 6.81. The zero-order valence-electron chi connectivity index (χ0n) is 12.0. The molecule has 0 radical (unpaired) electrons. The van der Waals surface area contributed by atoms with E-state index >= 15 is 0 Å². The second-order valence-electron chi connectivity index (χ2n) is 5.23. The van der Waals surface area contributed by atoms with Gasteiger partial charge in [0.15, 0.2) is 0 Å². The number of rotatable bonds is 5. The molecule has 1 unspecified atom stereocenters. The van der Waals surface area contributed by atoms with Crippen LogP contribution < -0.4 is 5.32 Å². The van der Waals surface area contributed by atoms with E-state index in [4.69, 9.17) is 0 Å². The molecule has 0 aromatic heterocycles. The number of hydrogen-bond donors (Lipinski definition) is 1. The van der Waals surface area contributed by atoms with Gasteiger partial charge in [-0.3, -0.25) is 0 Å². The molecule has 21 heavy (non-hydrogen) atoms. The van der Waals surface area contributed by atoms with Crippen LogP contribution in [-0.2, 0) is 10.0 Å². The van der Waals surface area contributed by atoms with Crippen LogP contribution in [0.1, 0.15) is 25.7 Å². The highest BCUT2D eigenvalue weighted by atomic mass is 32.2. The van der Waals surface area contributed by atoms with Crippen molar-refractivity contribution in [2.24, 2.45) is 0 Å². The normalized spacial score (nSPS) is 20.6. The average molecular weight is 318 g/mol. The van der Waals surface area contributed by atoms with E-state index < -0.39 is 26.6 Å². The van der Waals surface area contributed by atoms with Crippen LogP contribution in [0.3, 0.4) is 0 Å². The van der Waals surface area contributed by atoms with E-state index in [1.54, 1.807) is 7.05 Å². The first kappa shape index (κ1) is 16.3. The van der Waals surface area contributed by atoms with Crippen molar-refractivity contribution in [3.63, 3.8) is 0 Å². The van der Waals surface area contributed by atoms with Gasteiger partial charge in [0.25, 0.3) is 0 Å². The van der Waals surface area contributed by atoms with Crippen LogP contribution in [0.25, 0.3) is 0 Å². The molecule has 0 spiro atoms. The molecule has 1 aromatic rings. The molecular weight excluding hydrogens is 298 g/mol. The number of hydrogen-bond acceptors (Lipinski definition) is 3. The molecule has 0 bridgehead atoms. The Morgan fingerprint density at radius 1 is 1.33 bits per heavy atom. The Labute approximate surface area is 124 Å². The zero-order valence-corrected chi connectivity index (χ0v) is 12.8. The van der Waals surface area contributed by atoms with Crippen molar-refractivity contribution in [2.75, 3.05) is 20.1 Å². The standard InChI is InChI=1S/C14H20F2N2O2S/c1-17-8-7-12-4-2-3-9-18(12)21(19,20)14-10-11(15)5-6-13(14)16/h5-6,10,12,17H,2-4,7-9H2,1H3. The Hall–Kier alpha value is -1.05. The Balaban J connectivity index is 2.33. The van der Waals surface area contributed by atoms with Crippen LogP contribution in [0.5, 0.6) is 0 Å². The van der Waals surface area contributed by atoms with Crippen molar-refractivity contribution in [3.8, 4) is 0 Å². The van der Waals surface area contributed by atoms with E-state index in [-0.39, 0.29) is 6.04 Å². The minimum absolute atomic E-state index is 0.168. The molecule has 7 heteroatoms. The van der Waals surface area contributed by atoms with Crippen molar-refractivity contribution in [3.05, 3.63) is 29.8 Å². The smallest absolute Gasteiger partial charge is 0.246 e. The Morgan fingerprint density at radius 2 is 2.10 bits per heavy atom. The number of benzene rings is 1. The van der Waals surface area contributed by atoms with Gasteiger partial charge in [0, 0.05) is 12.6 Å². The molecule has 4 nitrogen and oxygen atoms in total. The number of nitrogens with one attached hydrogen (secondary N) is 1. The van der Waals surface area contributed by atoms with Crippen LogP contribution >= 0.6 is 0 Å². The van der Waals surface area contributed by atoms with Crippen LogP contribution in [0.4, 0.5) is 8.78 Å². The van der Waals surface area contributed by atoms with E-state index in [9.17, 15) is 17.2 Å². The fraction of sp³-hybridized carbons (Fsp3) is 0.571. The quantitative estimate of drug-likeness (QED) is 0.905. The molecule has 1 N–H and O–H groups in total. The van der Waals surface area contributed by atoms with Crippen molar-refractivity contribution in [1.82, 2.24) is 9.62 Å². The fourth-order valence-electron chi connectivity index (χ4n) is 2.69. The maximum atomic E-state index is 13.8. The molecule has 1 saturated heterocycles. The van der Waals surface area contributed by atoms with E-state index in [2.05, 4.69) is 5.32 Å². The summed E-state index contributed by atoms with van der Waals surface area (Å²) in [5, 5.41) is 2.99. The second-order valence-corrected chi connectivity index (χ2v) is 7.09. The summed E-state index contributed by atoms with van der Waals surface area (Å²) in [6.07, 6.45) is 3.10. The van der Waals surface area contributed by atoms with Crippen molar-refractivity contribution >= 4 is 10.0 Å². The number of piperidine rings is 1. The molecular formula is C14H20F2N2O2S. The molecule has 2 rings (SSSR count). The van der Waals surface area contributed by atoms with Crippen LogP contribution in [0.15, 0.2) is 23.1 Å². The molecule has 0 amide bonds. The van der Waals surface area contributed by atoms with Crippen molar-refractivity contribution < 1.29 is 17.2 Å². The minimum Gasteiger partial charge on any atom is -0.320 e. The summed E-state index contributed by atoms with van der Waals surface area (Å²) in [6.45, 7) is 1.04. The zero-order chi connectivity index (χ0) is 15.5. The van der Waals surface area contributed by atoms with Crippen LogP contribution in [-0.4, -0.2) is 38.9 Å². The van der Waals surface area contributed by atoms with E-state index in [0.29, 0.717) is 19.5 Å². The Morgan fingerprint density at radius 3 is 2.81 bits per heavy atom. The van der Waals surface area contributed by atoms with Crippen LogP contribution in [0, 0.1) is 11.6 Å². The molecule has 1 heterocycles. The number of halogens is 2. The first-order chi connectivity index (χ1) is 9.96. The topological polar surface area (TPSA) is 49.4 Å². The van der Waals surface area contributed by atoms with Crippen molar-refractivity contribution in [2.45, 2.75) is 36.6 Å². The maximum absolute atomic E-state index is 13.8. The third-order valence-electron chi connectivity index (χ3n) is 3.78. The van der Waals surface area contributed by atoms with Gasteiger partial charge >= 0.3 is 0 Å². The van der Waals surface area contributed by atoms with Gasteiger partial charge in [-0.15, -0.1) is 0 Å². The van der Waals surface area contributed by atoms with E-state index in [1.807, 2.05) is 0 Å². The molecule has 118 valence electrons. The molecule has 1 aliphatic rings. The van der Waals surface area contributed by atoms with Gasteiger partial charge in [0.2, 0.25) is 10.0 Å². The number of sulfonamides is 1. The SMILES string of the molecule is CNCCC1CCCCN1S(=O)(=O)c1cc(F)ccc1F. The third-order valence-corrected chi connectivity index (χ3v) is 5.75. The predicted octanol–water partition coefficient (Wildman–Crippen LogP) is 2.12. The van der Waals surface area contributed by atoms with Gasteiger partial charge in [-0.05, 0) is 51.1 Å². The largest absolute Gasteiger partial charge is 0.320 e. The molecule has 0 aliphatic carbocycles. The van der Waals surface area contributed by atoms with Gasteiger partial charge in [-0.1, -0.05) is 6.42 Å². The minimum atomic E-state index is -4.00. The van der Waals surface area contributed by atoms with E-state index in [1.165, 1.54) is 4.31 Å². The Bertz CT molecular complexity index is 593. The van der Waals surface area contributed by atoms with Gasteiger partial charge in [0.1, 0.15) is 16.5 Å². The first-order valence-electron chi connectivity index (χ1n) is 7.08. The lowest BCUT2D eigenvalue weighted by atomic mass is 10.0. The number of nitrogens with zero attached hydrogens (tertiary/aromatic N) is 1. The molecule has 1 aromatic carbocycles. The summed E-state index contributed by atoms with van der Waals surface area (Å²) in [6, 6.07) is 2.37. The Kier molecular flexibility index (Phi) is 5.29. The molecule has 1 atom stereocenters. The summed E-state index contributed by atoms with van der Waals surface area (Å²) in [7, 11) is -2.20. The summed E-state index contributed by atoms with van der Waals surface area (Å²) < 4.78 is 53.7. The highest BCUT2D eigenvalue weighted by Crippen LogP contribution is 2.28. The van der Waals surface area contributed by atoms with Gasteiger partial charge in [-0.25, -0.2) is 17.2 Å². The summed E-state index contributed by atoms with van der Waals surface area (Å²) >= 11 is 0. The van der Waals surface area contributed by atoms with Gasteiger partial charge in [0.05, 0.1) is 0 Å². The van der Waals surface area contributed by atoms with Gasteiger partial charge < -0.3 is 5.32 Å². The lowest BCUT2D eigenvalue weighted by molar-refractivity contribution is 0.239. The lowest BCUT2D eigenvalue weighted by Crippen LogP contribution is -2.44. The van der Waals surface area contributed by atoms with Crippen LogP contribution in [0.2, 0.25) is 0 Å². The third kappa shape index (κ3) is 3.59. The molecule has 1 fully saturated rings. The lowest BCUT2D eigenvalue weighted by Gasteiger charge is -2.34. The van der Waals surface area contributed by atoms with Crippen molar-refractivity contribution in [1.29, 1.82) is 0 Å². The van der Waals surface area contributed by atoms with E-state index in [0.717, 1.165) is 37.5 Å². The monoisotopic (exact) mass is 318 g/mol. The average Bonchev–Trinajstić information content (AvgIpc) is 2.47. The first-order valence-corrected chi connectivity index (χ1v) is 8.52. The highest BCUT2D eigenvalue weighted by molar-refractivity contribution is 7.89. The molecule has 1 aliphatic heterocycles. The van der Waals surface area contributed by atoms with Gasteiger partial charge in [-0.2, -0.15) is 4.31 Å². The predicted molar refractivity (Wildman–Crippen MR) is 76.4 cm³/mol. The maximum Gasteiger partial charge on any atom is 0.246 e. The summed E-state index contributed by atoms with van der Waals surface area (Å²) in [5.74, 6) is -1.66. The highest BCUT2D eigenvalue weighted by Gasteiger charge is 2.34. The summed E-state index contributed by atoms with van der Waals surface area (Å²) in [4.78, 5) is -0.571. The fourth-order valence-corrected chi connectivity index (χ4v) is 4.49. The molecule has 0 saturated carbocycles.